The molecule has 2 atom stereocenters. The average Bonchev–Trinajstić information content (AvgIpc) is 3.43. The first kappa shape index (κ1) is 21.0. The van der Waals surface area contributed by atoms with Crippen LogP contribution in [0.4, 0.5) is 0 Å². The van der Waals surface area contributed by atoms with E-state index in [2.05, 4.69) is 10.1 Å². The second-order valence-corrected chi connectivity index (χ2v) is 9.25. The van der Waals surface area contributed by atoms with Gasteiger partial charge in [0.25, 0.3) is 0 Å². The second kappa shape index (κ2) is 8.47. The van der Waals surface area contributed by atoms with Gasteiger partial charge in [-0.2, -0.15) is 5.10 Å². The first-order chi connectivity index (χ1) is 14.4. The highest BCUT2D eigenvalue weighted by Gasteiger charge is 2.56. The third kappa shape index (κ3) is 3.76. The Labute approximate surface area is 180 Å². The van der Waals surface area contributed by atoms with Crippen LogP contribution in [0.5, 0.6) is 0 Å². The molecule has 30 heavy (non-hydrogen) atoms. The van der Waals surface area contributed by atoms with Gasteiger partial charge >= 0.3 is 0 Å². The zero-order valence-electron chi connectivity index (χ0n) is 17.8. The lowest BCUT2D eigenvalue weighted by Crippen LogP contribution is -2.52. The zero-order valence-corrected chi connectivity index (χ0v) is 18.7. The number of aryl methyl sites for hydroxylation is 2. The van der Waals surface area contributed by atoms with Gasteiger partial charge in [0.15, 0.2) is 0 Å². The van der Waals surface area contributed by atoms with E-state index in [0.29, 0.717) is 26.2 Å². The van der Waals surface area contributed by atoms with Crippen LogP contribution >= 0.6 is 11.3 Å². The zero-order chi connectivity index (χ0) is 21.3. The maximum Gasteiger partial charge on any atom is 0.248 e. The molecule has 162 valence electrons. The van der Waals surface area contributed by atoms with Gasteiger partial charge in [0, 0.05) is 56.5 Å². The van der Waals surface area contributed by atoms with Crippen molar-refractivity contribution in [3.63, 3.8) is 0 Å². The van der Waals surface area contributed by atoms with E-state index < -0.39 is 5.41 Å². The summed E-state index contributed by atoms with van der Waals surface area (Å²) in [6.45, 7) is 6.60. The fourth-order valence-electron chi connectivity index (χ4n) is 4.89. The number of nitrogens with zero attached hydrogens (tertiary/aromatic N) is 5. The van der Waals surface area contributed by atoms with Gasteiger partial charge in [0.1, 0.15) is 6.61 Å². The van der Waals surface area contributed by atoms with Crippen LogP contribution < -0.4 is 0 Å². The molecule has 2 saturated heterocycles. The molecule has 0 bridgehead atoms. The molecule has 8 nitrogen and oxygen atoms in total. The van der Waals surface area contributed by atoms with Gasteiger partial charge < -0.3 is 14.5 Å². The van der Waals surface area contributed by atoms with Crippen molar-refractivity contribution in [2.45, 2.75) is 39.2 Å². The highest BCUT2D eigenvalue weighted by atomic mass is 32.1. The molecule has 0 saturated carbocycles. The number of hydrogen-bond acceptors (Lipinski definition) is 6. The van der Waals surface area contributed by atoms with E-state index in [1.165, 1.54) is 0 Å². The van der Waals surface area contributed by atoms with Gasteiger partial charge in [0.2, 0.25) is 11.8 Å². The Morgan fingerprint density at radius 2 is 2.27 bits per heavy atom. The van der Waals surface area contributed by atoms with E-state index in [4.69, 9.17) is 4.74 Å². The van der Waals surface area contributed by atoms with Crippen molar-refractivity contribution < 1.29 is 14.3 Å². The third-order valence-corrected chi connectivity index (χ3v) is 7.15. The Morgan fingerprint density at radius 3 is 2.93 bits per heavy atom. The Hall–Kier alpha value is -2.26. The van der Waals surface area contributed by atoms with Gasteiger partial charge in [-0.05, 0) is 32.8 Å². The lowest BCUT2D eigenvalue weighted by molar-refractivity contribution is -0.148. The number of hydrogen-bond donors (Lipinski definition) is 0. The third-order valence-electron chi connectivity index (χ3n) is 6.32. The van der Waals surface area contributed by atoms with Gasteiger partial charge in [-0.1, -0.05) is 0 Å². The van der Waals surface area contributed by atoms with Crippen molar-refractivity contribution in [3.05, 3.63) is 34.0 Å². The van der Waals surface area contributed by atoms with Crippen molar-refractivity contribution in [2.24, 2.45) is 12.5 Å². The molecular weight excluding hydrogens is 402 g/mol. The molecule has 2 aromatic heterocycles. The monoisotopic (exact) mass is 431 g/mol. The molecule has 0 radical (unpaired) electrons. The number of likely N-dealkylation sites (tertiary alicyclic amines) is 2. The first-order valence-corrected chi connectivity index (χ1v) is 11.4. The predicted molar refractivity (Wildman–Crippen MR) is 113 cm³/mol. The van der Waals surface area contributed by atoms with Crippen LogP contribution in [0.1, 0.15) is 42.1 Å². The van der Waals surface area contributed by atoms with Crippen molar-refractivity contribution in [3.8, 4) is 0 Å². The van der Waals surface area contributed by atoms with E-state index >= 15 is 0 Å². The average molecular weight is 432 g/mol. The normalized spacial score (nSPS) is 24.2. The molecule has 0 aliphatic carbocycles. The minimum absolute atomic E-state index is 0.0547. The number of thiazole rings is 1. The summed E-state index contributed by atoms with van der Waals surface area (Å²) in [6.07, 6.45) is 3.44. The van der Waals surface area contributed by atoms with Gasteiger partial charge in [0.05, 0.1) is 22.7 Å². The standard InChI is InChI=1S/C21H29N5O3S/c1-4-29-12-19(27)26-11-17(18-6-8-22-24(18)3)21(14-26)7-5-9-25(20(21)28)10-16-13-30-15(2)23-16/h6,8,13,17H,4-5,7,9-12,14H2,1-3H3/t17-,21+/m0/s1. The number of piperidine rings is 1. The van der Waals surface area contributed by atoms with Crippen molar-refractivity contribution in [2.75, 3.05) is 32.8 Å². The van der Waals surface area contributed by atoms with Crippen molar-refractivity contribution in [1.29, 1.82) is 0 Å². The lowest BCUT2D eigenvalue weighted by Gasteiger charge is -2.42. The van der Waals surface area contributed by atoms with E-state index in [1.54, 1.807) is 17.5 Å². The van der Waals surface area contributed by atoms with Crippen LogP contribution in [0, 0.1) is 12.3 Å². The largest absolute Gasteiger partial charge is 0.372 e. The molecule has 0 unspecified atom stereocenters. The molecule has 0 N–H and O–H groups in total. The summed E-state index contributed by atoms with van der Waals surface area (Å²) in [6, 6.07) is 1.97. The SMILES string of the molecule is CCOCC(=O)N1C[C@@H](c2ccnn2C)[C@@]2(CCCN(Cc3csc(C)n3)C2=O)C1. The van der Waals surface area contributed by atoms with E-state index in [-0.39, 0.29) is 24.3 Å². The summed E-state index contributed by atoms with van der Waals surface area (Å²) >= 11 is 1.60. The summed E-state index contributed by atoms with van der Waals surface area (Å²) in [4.78, 5) is 34.9. The minimum Gasteiger partial charge on any atom is -0.372 e. The molecule has 0 aromatic carbocycles. The van der Waals surface area contributed by atoms with Gasteiger partial charge in [-0.15, -0.1) is 11.3 Å². The smallest absolute Gasteiger partial charge is 0.248 e. The Balaban J connectivity index is 1.63. The molecule has 2 aliphatic heterocycles. The van der Waals surface area contributed by atoms with Crippen LogP contribution in [0.25, 0.3) is 0 Å². The Kier molecular flexibility index (Phi) is 5.92. The Morgan fingerprint density at radius 1 is 1.43 bits per heavy atom. The van der Waals surface area contributed by atoms with Gasteiger partial charge in [-0.3, -0.25) is 14.3 Å². The van der Waals surface area contributed by atoms with E-state index in [0.717, 1.165) is 35.8 Å². The molecule has 2 aliphatic rings. The number of carbonyl (C=O) groups excluding carboxylic acids is 2. The summed E-state index contributed by atoms with van der Waals surface area (Å²) < 4.78 is 7.18. The molecule has 1 spiro atoms. The van der Waals surface area contributed by atoms with Crippen LogP contribution in [0.2, 0.25) is 0 Å². The fourth-order valence-corrected chi connectivity index (χ4v) is 5.49. The molecule has 2 amide bonds. The highest BCUT2D eigenvalue weighted by molar-refractivity contribution is 7.09. The Bertz CT molecular complexity index is 925. The van der Waals surface area contributed by atoms with Crippen LogP contribution in [0.15, 0.2) is 17.6 Å². The maximum atomic E-state index is 13.9. The van der Waals surface area contributed by atoms with Crippen LogP contribution in [-0.2, 0) is 27.9 Å². The minimum atomic E-state index is -0.626. The van der Waals surface area contributed by atoms with Crippen LogP contribution in [0.3, 0.4) is 0 Å². The summed E-state index contributed by atoms with van der Waals surface area (Å²) in [7, 11) is 1.90. The number of rotatable bonds is 6. The molecular formula is C21H29N5O3S. The first-order valence-electron chi connectivity index (χ1n) is 10.5. The molecule has 2 aromatic rings. The lowest BCUT2D eigenvalue weighted by atomic mass is 9.70. The number of carbonyl (C=O) groups is 2. The quantitative estimate of drug-likeness (QED) is 0.698. The van der Waals surface area contributed by atoms with E-state index in [1.807, 2.05) is 46.8 Å². The fraction of sp³-hybridized carbons (Fsp3) is 0.619. The topological polar surface area (TPSA) is 80.6 Å². The molecule has 9 heteroatoms. The highest BCUT2D eigenvalue weighted by Crippen LogP contribution is 2.49. The summed E-state index contributed by atoms with van der Waals surface area (Å²) in [5.41, 5.74) is 1.31. The maximum absolute atomic E-state index is 13.9. The predicted octanol–water partition coefficient (Wildman–Crippen LogP) is 1.96. The van der Waals surface area contributed by atoms with Gasteiger partial charge in [-0.25, -0.2) is 4.98 Å². The van der Waals surface area contributed by atoms with Crippen molar-refractivity contribution >= 4 is 23.2 Å². The second-order valence-electron chi connectivity index (χ2n) is 8.19. The van der Waals surface area contributed by atoms with E-state index in [9.17, 15) is 9.59 Å². The molecule has 2 fully saturated rings. The molecule has 4 heterocycles. The van der Waals surface area contributed by atoms with Crippen molar-refractivity contribution in [1.82, 2.24) is 24.6 Å². The molecule has 4 rings (SSSR count). The summed E-state index contributed by atoms with van der Waals surface area (Å²) in [5, 5.41) is 7.36. The number of aromatic nitrogens is 3. The van der Waals surface area contributed by atoms with Crippen LogP contribution in [-0.4, -0.2) is 69.2 Å². The number of amides is 2. The summed E-state index contributed by atoms with van der Waals surface area (Å²) in [5.74, 6) is -0.0127. The number of ether oxygens (including phenoxy) is 1.